The number of nitrogens with one attached hydrogen (secondary N) is 1. The smallest absolute Gasteiger partial charge is 0.324 e. The highest BCUT2D eigenvalue weighted by atomic mass is 16.6. The van der Waals surface area contributed by atoms with Crippen molar-refractivity contribution < 1.29 is 9.53 Å². The molecule has 3 N–H and O–H groups in total. The number of hydrogen-bond donors (Lipinski definition) is 2. The van der Waals surface area contributed by atoms with Gasteiger partial charge in [-0.05, 0) is 27.2 Å². The minimum absolute atomic E-state index is 0.251. The molecule has 0 saturated carbocycles. The maximum absolute atomic E-state index is 11.8. The van der Waals surface area contributed by atoms with E-state index in [-0.39, 0.29) is 12.0 Å². The van der Waals surface area contributed by atoms with Gasteiger partial charge in [0.25, 0.3) is 0 Å². The molecule has 108 valence electrons. The summed E-state index contributed by atoms with van der Waals surface area (Å²) in [5, 5.41) is 0. The average molecular weight is 258 g/mol. The van der Waals surface area contributed by atoms with Crippen molar-refractivity contribution in [1.29, 1.82) is 0 Å². The summed E-state index contributed by atoms with van der Waals surface area (Å²) in [5.41, 5.74) is 2.10. The minimum atomic E-state index is -0.451. The minimum Gasteiger partial charge on any atom is -0.459 e. The summed E-state index contributed by atoms with van der Waals surface area (Å²) in [6.07, 6.45) is 7.98. The van der Waals surface area contributed by atoms with Gasteiger partial charge < -0.3 is 4.74 Å². The van der Waals surface area contributed by atoms with Crippen LogP contribution >= 0.6 is 0 Å². The molecule has 0 aliphatic rings. The van der Waals surface area contributed by atoms with Gasteiger partial charge in [-0.15, -0.1) is 0 Å². The van der Waals surface area contributed by atoms with Crippen LogP contribution in [-0.4, -0.2) is 17.6 Å². The Morgan fingerprint density at radius 1 is 1.17 bits per heavy atom. The number of ether oxygens (including phenoxy) is 1. The maximum Gasteiger partial charge on any atom is 0.324 e. The van der Waals surface area contributed by atoms with Crippen molar-refractivity contribution in [3.8, 4) is 0 Å². The number of unbranched alkanes of at least 4 members (excludes halogenated alkanes) is 5. The van der Waals surface area contributed by atoms with Crippen LogP contribution in [0.2, 0.25) is 0 Å². The summed E-state index contributed by atoms with van der Waals surface area (Å²) in [6.45, 7) is 7.80. The topological polar surface area (TPSA) is 64.3 Å². The third-order valence-corrected chi connectivity index (χ3v) is 2.74. The fourth-order valence-corrected chi connectivity index (χ4v) is 1.77. The van der Waals surface area contributed by atoms with E-state index in [4.69, 9.17) is 10.6 Å². The van der Waals surface area contributed by atoms with Gasteiger partial charge in [-0.3, -0.25) is 10.6 Å². The third-order valence-electron chi connectivity index (χ3n) is 2.74. The van der Waals surface area contributed by atoms with Crippen LogP contribution in [0.5, 0.6) is 0 Å². The lowest BCUT2D eigenvalue weighted by molar-refractivity contribution is -0.157. The standard InChI is InChI=1S/C14H30N2O2/c1-5-6-7-8-9-10-11-12(16-15)13(17)18-14(2,3)4/h12,16H,5-11,15H2,1-4H3. The van der Waals surface area contributed by atoms with Crippen molar-refractivity contribution in [3.05, 3.63) is 0 Å². The van der Waals surface area contributed by atoms with Gasteiger partial charge in [-0.1, -0.05) is 45.4 Å². The molecule has 0 radical (unpaired) electrons. The van der Waals surface area contributed by atoms with Gasteiger partial charge in [0.2, 0.25) is 0 Å². The Balaban J connectivity index is 3.79. The van der Waals surface area contributed by atoms with Crippen molar-refractivity contribution in [2.75, 3.05) is 0 Å². The Hall–Kier alpha value is -0.610. The Morgan fingerprint density at radius 3 is 2.22 bits per heavy atom. The zero-order chi connectivity index (χ0) is 14.0. The van der Waals surface area contributed by atoms with Crippen molar-refractivity contribution in [2.24, 2.45) is 5.84 Å². The molecular weight excluding hydrogens is 228 g/mol. The molecule has 0 aromatic carbocycles. The molecule has 1 unspecified atom stereocenters. The number of rotatable bonds is 9. The first-order chi connectivity index (χ1) is 8.40. The van der Waals surface area contributed by atoms with Crippen LogP contribution in [0, 0.1) is 0 Å². The molecule has 0 aromatic heterocycles. The highest BCUT2D eigenvalue weighted by Gasteiger charge is 2.23. The maximum atomic E-state index is 11.8. The molecule has 0 rings (SSSR count). The molecule has 4 heteroatoms. The molecule has 0 saturated heterocycles. The third kappa shape index (κ3) is 9.42. The summed E-state index contributed by atoms with van der Waals surface area (Å²) in [7, 11) is 0. The summed E-state index contributed by atoms with van der Waals surface area (Å²) in [4.78, 5) is 11.8. The van der Waals surface area contributed by atoms with Gasteiger partial charge in [0, 0.05) is 0 Å². The van der Waals surface area contributed by atoms with Crippen molar-refractivity contribution >= 4 is 5.97 Å². The fraction of sp³-hybridized carbons (Fsp3) is 0.929. The summed E-state index contributed by atoms with van der Waals surface area (Å²) in [5.74, 6) is 5.15. The summed E-state index contributed by atoms with van der Waals surface area (Å²) in [6, 6.07) is -0.379. The monoisotopic (exact) mass is 258 g/mol. The molecule has 0 bridgehead atoms. The first-order valence-corrected chi connectivity index (χ1v) is 7.09. The highest BCUT2D eigenvalue weighted by Crippen LogP contribution is 2.12. The lowest BCUT2D eigenvalue weighted by Crippen LogP contribution is -2.44. The highest BCUT2D eigenvalue weighted by molar-refractivity contribution is 5.76. The Morgan fingerprint density at radius 2 is 1.72 bits per heavy atom. The second-order valence-electron chi connectivity index (χ2n) is 5.81. The molecule has 1 atom stereocenters. The van der Waals surface area contributed by atoms with Crippen LogP contribution in [-0.2, 0) is 9.53 Å². The number of carbonyl (C=O) groups excluding carboxylic acids is 1. The zero-order valence-corrected chi connectivity index (χ0v) is 12.4. The number of hydrogen-bond acceptors (Lipinski definition) is 4. The lowest BCUT2D eigenvalue weighted by Gasteiger charge is -2.23. The lowest BCUT2D eigenvalue weighted by atomic mass is 10.1. The van der Waals surface area contributed by atoms with Crippen LogP contribution in [0.1, 0.15) is 72.6 Å². The molecule has 0 amide bonds. The molecule has 0 heterocycles. The van der Waals surface area contributed by atoms with E-state index in [0.29, 0.717) is 0 Å². The predicted octanol–water partition coefficient (Wildman–Crippen LogP) is 2.91. The van der Waals surface area contributed by atoms with Crippen LogP contribution < -0.4 is 11.3 Å². The molecule has 0 aliphatic carbocycles. The van der Waals surface area contributed by atoms with E-state index in [1.165, 1.54) is 25.7 Å². The van der Waals surface area contributed by atoms with E-state index in [1.807, 2.05) is 20.8 Å². The molecular formula is C14H30N2O2. The van der Waals surface area contributed by atoms with E-state index >= 15 is 0 Å². The average Bonchev–Trinajstić information content (AvgIpc) is 2.25. The molecule has 0 aliphatic heterocycles. The van der Waals surface area contributed by atoms with E-state index in [1.54, 1.807) is 0 Å². The quantitative estimate of drug-likeness (QED) is 0.289. The first kappa shape index (κ1) is 17.4. The molecule has 0 aromatic rings. The Kier molecular flexibility index (Phi) is 9.02. The number of carbonyl (C=O) groups is 1. The zero-order valence-electron chi connectivity index (χ0n) is 12.4. The second kappa shape index (κ2) is 9.34. The normalized spacial score (nSPS) is 13.4. The molecule has 18 heavy (non-hydrogen) atoms. The van der Waals surface area contributed by atoms with Gasteiger partial charge in [0.1, 0.15) is 11.6 Å². The largest absolute Gasteiger partial charge is 0.459 e. The summed E-state index contributed by atoms with van der Waals surface area (Å²) < 4.78 is 5.30. The van der Waals surface area contributed by atoms with Crippen LogP contribution in [0.25, 0.3) is 0 Å². The van der Waals surface area contributed by atoms with Crippen LogP contribution in [0.4, 0.5) is 0 Å². The number of nitrogens with two attached hydrogens (primary N) is 1. The van der Waals surface area contributed by atoms with Gasteiger partial charge in [0.05, 0.1) is 0 Å². The van der Waals surface area contributed by atoms with E-state index in [0.717, 1.165) is 19.3 Å². The van der Waals surface area contributed by atoms with Crippen molar-refractivity contribution in [2.45, 2.75) is 84.3 Å². The molecule has 0 fully saturated rings. The van der Waals surface area contributed by atoms with E-state index in [2.05, 4.69) is 12.3 Å². The predicted molar refractivity (Wildman–Crippen MR) is 74.9 cm³/mol. The SMILES string of the molecule is CCCCCCCCC(NN)C(=O)OC(C)(C)C. The number of hydrazine groups is 1. The van der Waals surface area contributed by atoms with Gasteiger partial charge in [-0.25, -0.2) is 5.43 Å². The van der Waals surface area contributed by atoms with Crippen LogP contribution in [0.15, 0.2) is 0 Å². The molecule has 4 nitrogen and oxygen atoms in total. The Bertz CT molecular complexity index is 224. The van der Waals surface area contributed by atoms with Crippen LogP contribution in [0.3, 0.4) is 0 Å². The van der Waals surface area contributed by atoms with E-state index in [9.17, 15) is 4.79 Å². The van der Waals surface area contributed by atoms with E-state index < -0.39 is 5.60 Å². The first-order valence-electron chi connectivity index (χ1n) is 7.09. The fourth-order valence-electron chi connectivity index (χ4n) is 1.77. The van der Waals surface area contributed by atoms with Gasteiger partial charge in [0.15, 0.2) is 0 Å². The molecule has 0 spiro atoms. The second-order valence-corrected chi connectivity index (χ2v) is 5.81. The van der Waals surface area contributed by atoms with Gasteiger partial charge in [-0.2, -0.15) is 0 Å². The summed E-state index contributed by atoms with van der Waals surface area (Å²) >= 11 is 0. The van der Waals surface area contributed by atoms with Crippen molar-refractivity contribution in [1.82, 2.24) is 5.43 Å². The Labute approximate surface area is 112 Å². The number of esters is 1. The van der Waals surface area contributed by atoms with Crippen molar-refractivity contribution in [3.63, 3.8) is 0 Å². The van der Waals surface area contributed by atoms with Gasteiger partial charge >= 0.3 is 5.97 Å².